The highest BCUT2D eigenvalue weighted by Crippen LogP contribution is 2.30. The van der Waals surface area contributed by atoms with Gasteiger partial charge in [0.1, 0.15) is 17.6 Å². The van der Waals surface area contributed by atoms with E-state index in [1.54, 1.807) is 48.7 Å². The number of aryl methyl sites for hydroxylation is 1. The second-order valence-corrected chi connectivity index (χ2v) is 8.70. The normalized spacial score (nSPS) is 11.6. The zero-order valence-electron chi connectivity index (χ0n) is 20.8. The summed E-state index contributed by atoms with van der Waals surface area (Å²) in [7, 11) is 0. The number of aromatic nitrogens is 1. The van der Waals surface area contributed by atoms with Crippen molar-refractivity contribution in [2.45, 2.75) is 52.1 Å². The molecule has 3 aromatic rings. The number of carbonyl (C=O) groups excluding carboxylic acids is 3. The van der Waals surface area contributed by atoms with E-state index in [-0.39, 0.29) is 42.4 Å². The van der Waals surface area contributed by atoms with Crippen molar-refractivity contribution in [2.75, 3.05) is 10.2 Å². The maximum absolute atomic E-state index is 13.6. The zero-order valence-corrected chi connectivity index (χ0v) is 20.8. The standard InChI is InChI=1S/C28H32N4O4/c1-4-20-8-12-22(13-9-20)32(26(35)17-16-25(34)31-24-7-5-6-18-29-24)27(28(36)30-19(2)3)21-10-14-23(33)15-11-21/h5-15,18-19,27,33H,4,16-17H2,1-3H3,(H,30,36)(H,29,31,34). The van der Waals surface area contributed by atoms with Crippen LogP contribution in [0.4, 0.5) is 11.5 Å². The Hall–Kier alpha value is -4.20. The number of amides is 3. The second kappa shape index (κ2) is 12.5. The second-order valence-electron chi connectivity index (χ2n) is 8.70. The number of hydrogen-bond donors (Lipinski definition) is 3. The number of nitrogens with one attached hydrogen (secondary N) is 2. The van der Waals surface area contributed by atoms with Gasteiger partial charge >= 0.3 is 0 Å². The number of benzene rings is 2. The Morgan fingerprint density at radius 3 is 2.22 bits per heavy atom. The van der Waals surface area contributed by atoms with Crippen LogP contribution in [0.5, 0.6) is 5.75 Å². The number of anilines is 2. The van der Waals surface area contributed by atoms with Crippen molar-refractivity contribution >= 4 is 29.2 Å². The molecule has 188 valence electrons. The molecule has 3 amide bonds. The van der Waals surface area contributed by atoms with Crippen molar-refractivity contribution in [3.63, 3.8) is 0 Å². The average Bonchev–Trinajstić information content (AvgIpc) is 2.87. The van der Waals surface area contributed by atoms with Gasteiger partial charge in [-0.2, -0.15) is 0 Å². The molecule has 0 fully saturated rings. The van der Waals surface area contributed by atoms with Crippen molar-refractivity contribution in [1.29, 1.82) is 0 Å². The molecule has 2 aromatic carbocycles. The van der Waals surface area contributed by atoms with Crippen LogP contribution in [0, 0.1) is 0 Å². The lowest BCUT2D eigenvalue weighted by Gasteiger charge is -2.32. The summed E-state index contributed by atoms with van der Waals surface area (Å²) < 4.78 is 0. The number of phenolic OH excluding ortho intramolecular Hbond substituents is 1. The maximum atomic E-state index is 13.6. The molecule has 8 nitrogen and oxygen atoms in total. The van der Waals surface area contributed by atoms with Gasteiger partial charge in [0.05, 0.1) is 0 Å². The van der Waals surface area contributed by atoms with Crippen molar-refractivity contribution in [1.82, 2.24) is 10.3 Å². The van der Waals surface area contributed by atoms with E-state index in [0.717, 1.165) is 12.0 Å². The minimum absolute atomic E-state index is 0.0538. The van der Waals surface area contributed by atoms with Crippen LogP contribution in [-0.2, 0) is 20.8 Å². The minimum Gasteiger partial charge on any atom is -0.508 e. The lowest BCUT2D eigenvalue weighted by molar-refractivity contribution is -0.127. The molecule has 0 spiro atoms. The first kappa shape index (κ1) is 26.4. The van der Waals surface area contributed by atoms with Gasteiger partial charge in [-0.3, -0.25) is 19.3 Å². The minimum atomic E-state index is -0.994. The first-order chi connectivity index (χ1) is 17.3. The highest BCUT2D eigenvalue weighted by molar-refractivity contribution is 6.03. The average molecular weight is 489 g/mol. The summed E-state index contributed by atoms with van der Waals surface area (Å²) in [6.45, 7) is 5.72. The number of aromatic hydroxyl groups is 1. The molecule has 1 atom stereocenters. The Morgan fingerprint density at radius 2 is 1.64 bits per heavy atom. The van der Waals surface area contributed by atoms with Gasteiger partial charge in [-0.15, -0.1) is 0 Å². The van der Waals surface area contributed by atoms with E-state index in [1.165, 1.54) is 17.0 Å². The highest BCUT2D eigenvalue weighted by Gasteiger charge is 2.33. The van der Waals surface area contributed by atoms with Crippen LogP contribution in [0.1, 0.15) is 50.8 Å². The third-order valence-electron chi connectivity index (χ3n) is 5.54. The molecular formula is C28H32N4O4. The third kappa shape index (κ3) is 7.15. The molecule has 0 bridgehead atoms. The molecule has 8 heteroatoms. The molecule has 0 aliphatic carbocycles. The van der Waals surface area contributed by atoms with Gasteiger partial charge in [-0.1, -0.05) is 37.3 Å². The van der Waals surface area contributed by atoms with Crippen molar-refractivity contribution in [3.05, 3.63) is 84.1 Å². The number of rotatable bonds is 10. The van der Waals surface area contributed by atoms with Crippen LogP contribution in [0.2, 0.25) is 0 Å². The summed E-state index contributed by atoms with van der Waals surface area (Å²) in [6.07, 6.45) is 2.21. The molecule has 3 N–H and O–H groups in total. The van der Waals surface area contributed by atoms with Crippen LogP contribution < -0.4 is 15.5 Å². The van der Waals surface area contributed by atoms with Gasteiger partial charge in [0.15, 0.2) is 0 Å². The molecule has 0 radical (unpaired) electrons. The van der Waals surface area contributed by atoms with Crippen molar-refractivity contribution in [3.8, 4) is 5.75 Å². The quantitative estimate of drug-likeness (QED) is 0.392. The van der Waals surface area contributed by atoms with Gasteiger partial charge in [0.2, 0.25) is 17.7 Å². The molecule has 3 rings (SSSR count). The molecular weight excluding hydrogens is 456 g/mol. The van der Waals surface area contributed by atoms with E-state index in [0.29, 0.717) is 17.1 Å². The van der Waals surface area contributed by atoms with Gasteiger partial charge in [0.25, 0.3) is 0 Å². The van der Waals surface area contributed by atoms with Crippen LogP contribution in [0.3, 0.4) is 0 Å². The van der Waals surface area contributed by atoms with Crippen molar-refractivity contribution in [2.24, 2.45) is 0 Å². The number of carbonyl (C=O) groups is 3. The van der Waals surface area contributed by atoms with E-state index in [9.17, 15) is 19.5 Å². The Morgan fingerprint density at radius 1 is 0.944 bits per heavy atom. The Labute approximate surface area is 211 Å². The summed E-state index contributed by atoms with van der Waals surface area (Å²) in [5.41, 5.74) is 2.17. The van der Waals surface area contributed by atoms with Crippen LogP contribution in [0.25, 0.3) is 0 Å². The monoisotopic (exact) mass is 488 g/mol. The van der Waals surface area contributed by atoms with Gasteiger partial charge in [0, 0.05) is 30.8 Å². The number of hydrogen-bond acceptors (Lipinski definition) is 5. The lowest BCUT2D eigenvalue weighted by Crippen LogP contribution is -2.46. The first-order valence-corrected chi connectivity index (χ1v) is 12.0. The Bertz CT molecular complexity index is 1160. The van der Waals surface area contributed by atoms with E-state index in [4.69, 9.17) is 0 Å². The number of phenols is 1. The van der Waals surface area contributed by atoms with Gasteiger partial charge in [-0.25, -0.2) is 4.98 Å². The predicted molar refractivity (Wildman–Crippen MR) is 140 cm³/mol. The summed E-state index contributed by atoms with van der Waals surface area (Å²) in [4.78, 5) is 45.0. The fourth-order valence-corrected chi connectivity index (χ4v) is 3.75. The first-order valence-electron chi connectivity index (χ1n) is 12.0. The van der Waals surface area contributed by atoms with Gasteiger partial charge < -0.3 is 15.7 Å². The lowest BCUT2D eigenvalue weighted by atomic mass is 10.0. The smallest absolute Gasteiger partial charge is 0.248 e. The summed E-state index contributed by atoms with van der Waals surface area (Å²) in [5.74, 6) is -0.636. The molecule has 1 heterocycles. The third-order valence-corrected chi connectivity index (χ3v) is 5.54. The Balaban J connectivity index is 1.93. The van der Waals surface area contributed by atoms with E-state index >= 15 is 0 Å². The molecule has 0 aliphatic heterocycles. The van der Waals surface area contributed by atoms with E-state index in [2.05, 4.69) is 15.6 Å². The van der Waals surface area contributed by atoms with Crippen molar-refractivity contribution < 1.29 is 19.5 Å². The van der Waals surface area contributed by atoms with Crippen LogP contribution in [0.15, 0.2) is 72.9 Å². The fraction of sp³-hybridized carbons (Fsp3) is 0.286. The summed E-state index contributed by atoms with van der Waals surface area (Å²) >= 11 is 0. The molecule has 0 saturated heterocycles. The highest BCUT2D eigenvalue weighted by atomic mass is 16.3. The number of nitrogens with zero attached hydrogens (tertiary/aromatic N) is 2. The predicted octanol–water partition coefficient (Wildman–Crippen LogP) is 4.37. The topological polar surface area (TPSA) is 112 Å². The molecule has 0 saturated carbocycles. The van der Waals surface area contributed by atoms with Gasteiger partial charge in [-0.05, 0) is 67.8 Å². The zero-order chi connectivity index (χ0) is 26.1. The Kier molecular flexibility index (Phi) is 9.16. The SMILES string of the molecule is CCc1ccc(N(C(=O)CCC(=O)Nc2ccccn2)C(C(=O)NC(C)C)c2ccc(O)cc2)cc1. The summed E-state index contributed by atoms with van der Waals surface area (Å²) in [5, 5.41) is 15.4. The summed E-state index contributed by atoms with van der Waals surface area (Å²) in [6, 6.07) is 17.7. The number of pyridine rings is 1. The van der Waals surface area contributed by atoms with E-state index < -0.39 is 6.04 Å². The molecule has 1 aromatic heterocycles. The largest absolute Gasteiger partial charge is 0.508 e. The molecule has 0 aliphatic rings. The van der Waals surface area contributed by atoms with Crippen LogP contribution in [-0.4, -0.2) is 33.9 Å². The fourth-order valence-electron chi connectivity index (χ4n) is 3.75. The van der Waals surface area contributed by atoms with Crippen LogP contribution >= 0.6 is 0 Å². The molecule has 36 heavy (non-hydrogen) atoms. The van der Waals surface area contributed by atoms with E-state index in [1.807, 2.05) is 32.9 Å². The maximum Gasteiger partial charge on any atom is 0.248 e. The molecule has 1 unspecified atom stereocenters.